The molecule has 0 aliphatic carbocycles. The Bertz CT molecular complexity index is 248. The van der Waals surface area contributed by atoms with Crippen molar-refractivity contribution in [1.29, 1.82) is 0 Å². The molecular weight excluding hydrogens is 184 g/mol. The van der Waals surface area contributed by atoms with Crippen LogP contribution >= 0.6 is 0 Å². The summed E-state index contributed by atoms with van der Waals surface area (Å²) < 4.78 is 4.63. The van der Waals surface area contributed by atoms with Crippen molar-refractivity contribution in [2.45, 2.75) is 18.9 Å². The van der Waals surface area contributed by atoms with Crippen LogP contribution in [0.1, 0.15) is 12.8 Å². The molecule has 5 nitrogen and oxygen atoms in total. The van der Waals surface area contributed by atoms with Gasteiger partial charge in [0.2, 0.25) is 0 Å². The molecule has 2 rings (SSSR count). The predicted molar refractivity (Wildman–Crippen MR) is 48.6 cm³/mol. The van der Waals surface area contributed by atoms with E-state index in [0.717, 1.165) is 19.4 Å². The molecule has 0 aromatic carbocycles. The van der Waals surface area contributed by atoms with Crippen LogP contribution in [0.15, 0.2) is 0 Å². The van der Waals surface area contributed by atoms with Crippen molar-refractivity contribution in [2.75, 3.05) is 26.2 Å². The van der Waals surface area contributed by atoms with Gasteiger partial charge in [-0.25, -0.2) is 0 Å². The largest absolute Gasteiger partial charge is 0.454 e. The Hall–Kier alpha value is -1.10. The highest BCUT2D eigenvalue weighted by molar-refractivity contribution is 5.88. The quantitative estimate of drug-likeness (QED) is 0.586. The number of carbonyl (C=O) groups is 2. The summed E-state index contributed by atoms with van der Waals surface area (Å²) in [6, 6.07) is 0.352. The number of cyclic esters (lactones) is 1. The summed E-state index contributed by atoms with van der Waals surface area (Å²) in [7, 11) is 0. The highest BCUT2D eigenvalue weighted by atomic mass is 16.5. The van der Waals surface area contributed by atoms with Crippen LogP contribution < -0.4 is 5.32 Å². The van der Waals surface area contributed by atoms with Gasteiger partial charge in [0, 0.05) is 12.6 Å². The van der Waals surface area contributed by atoms with Crippen molar-refractivity contribution in [2.24, 2.45) is 0 Å². The van der Waals surface area contributed by atoms with E-state index in [4.69, 9.17) is 0 Å². The SMILES string of the molecule is O=C1CN(CC2CCCN2)C(=O)CO1. The number of esters is 1. The Morgan fingerprint density at radius 2 is 2.36 bits per heavy atom. The highest BCUT2D eigenvalue weighted by Gasteiger charge is 2.27. The third kappa shape index (κ3) is 2.04. The van der Waals surface area contributed by atoms with Crippen molar-refractivity contribution < 1.29 is 14.3 Å². The van der Waals surface area contributed by atoms with Crippen LogP contribution in [0.4, 0.5) is 0 Å². The average Bonchev–Trinajstić information content (AvgIpc) is 2.64. The van der Waals surface area contributed by atoms with E-state index in [9.17, 15) is 9.59 Å². The molecule has 0 saturated carbocycles. The summed E-state index contributed by atoms with van der Waals surface area (Å²) in [5.74, 6) is -0.388. The first kappa shape index (κ1) is 9.45. The van der Waals surface area contributed by atoms with E-state index < -0.39 is 0 Å². The lowest BCUT2D eigenvalue weighted by Crippen LogP contribution is -2.49. The standard InChI is InChI=1S/C9H14N2O3/c12-8-6-14-9(13)5-11(8)4-7-2-1-3-10-7/h7,10H,1-6H2. The Labute approximate surface area is 82.4 Å². The smallest absolute Gasteiger partial charge is 0.326 e. The van der Waals surface area contributed by atoms with E-state index in [1.807, 2.05) is 0 Å². The molecular formula is C9H14N2O3. The van der Waals surface area contributed by atoms with Crippen molar-refractivity contribution >= 4 is 11.9 Å². The van der Waals surface area contributed by atoms with E-state index >= 15 is 0 Å². The molecule has 1 N–H and O–H groups in total. The number of amides is 1. The molecule has 0 radical (unpaired) electrons. The van der Waals surface area contributed by atoms with Gasteiger partial charge < -0.3 is 15.0 Å². The first-order valence-electron chi connectivity index (χ1n) is 4.92. The van der Waals surface area contributed by atoms with Crippen molar-refractivity contribution in [3.63, 3.8) is 0 Å². The van der Waals surface area contributed by atoms with Gasteiger partial charge in [-0.3, -0.25) is 9.59 Å². The van der Waals surface area contributed by atoms with Crippen LogP contribution in [0.2, 0.25) is 0 Å². The zero-order chi connectivity index (χ0) is 9.97. The lowest BCUT2D eigenvalue weighted by atomic mass is 10.2. The number of nitrogens with one attached hydrogen (secondary N) is 1. The minimum absolute atomic E-state index is 0.0849. The molecule has 0 aromatic heterocycles. The molecule has 1 unspecified atom stereocenters. The fourth-order valence-electron chi connectivity index (χ4n) is 1.87. The Kier molecular flexibility index (Phi) is 2.67. The van der Waals surface area contributed by atoms with Gasteiger partial charge in [-0.1, -0.05) is 0 Å². The Morgan fingerprint density at radius 3 is 3.07 bits per heavy atom. The first-order chi connectivity index (χ1) is 6.75. The number of hydrogen-bond donors (Lipinski definition) is 1. The molecule has 14 heavy (non-hydrogen) atoms. The summed E-state index contributed by atoms with van der Waals surface area (Å²) in [5.41, 5.74) is 0. The molecule has 0 aromatic rings. The second-order valence-electron chi connectivity index (χ2n) is 3.73. The molecule has 0 spiro atoms. The lowest BCUT2D eigenvalue weighted by Gasteiger charge is -2.28. The Morgan fingerprint density at radius 1 is 1.50 bits per heavy atom. The second kappa shape index (κ2) is 3.96. The van der Waals surface area contributed by atoms with Gasteiger partial charge in [-0.2, -0.15) is 0 Å². The molecule has 2 saturated heterocycles. The predicted octanol–water partition coefficient (Wildman–Crippen LogP) is -0.876. The Balaban J connectivity index is 1.88. The third-order valence-electron chi connectivity index (χ3n) is 2.63. The number of nitrogens with zero attached hydrogens (tertiary/aromatic N) is 1. The number of morpholine rings is 1. The van der Waals surface area contributed by atoms with Gasteiger partial charge in [0.1, 0.15) is 6.54 Å². The summed E-state index contributed by atoms with van der Waals surface area (Å²) in [6.07, 6.45) is 2.23. The van der Waals surface area contributed by atoms with E-state index in [1.165, 1.54) is 0 Å². The average molecular weight is 198 g/mol. The zero-order valence-electron chi connectivity index (χ0n) is 7.99. The van der Waals surface area contributed by atoms with E-state index in [0.29, 0.717) is 12.6 Å². The zero-order valence-corrected chi connectivity index (χ0v) is 7.99. The fourth-order valence-corrected chi connectivity index (χ4v) is 1.87. The van der Waals surface area contributed by atoms with E-state index in [1.54, 1.807) is 4.90 Å². The van der Waals surface area contributed by atoms with Crippen LogP contribution in [-0.4, -0.2) is 49.1 Å². The highest BCUT2D eigenvalue weighted by Crippen LogP contribution is 2.09. The molecule has 2 fully saturated rings. The maximum absolute atomic E-state index is 11.3. The summed E-state index contributed by atoms with van der Waals surface area (Å²) in [5, 5.41) is 3.29. The fraction of sp³-hybridized carbons (Fsp3) is 0.778. The minimum atomic E-state index is -0.303. The molecule has 78 valence electrons. The summed E-state index contributed by atoms with van der Waals surface area (Å²) in [6.45, 7) is 1.66. The van der Waals surface area contributed by atoms with Gasteiger partial charge >= 0.3 is 5.97 Å². The maximum Gasteiger partial charge on any atom is 0.326 e. The monoisotopic (exact) mass is 198 g/mol. The van der Waals surface area contributed by atoms with Gasteiger partial charge in [0.25, 0.3) is 5.91 Å². The molecule has 1 atom stereocenters. The summed E-state index contributed by atoms with van der Waals surface area (Å²) >= 11 is 0. The molecule has 2 heterocycles. The van der Waals surface area contributed by atoms with Crippen LogP contribution in [0.5, 0.6) is 0 Å². The van der Waals surface area contributed by atoms with Gasteiger partial charge in [0.15, 0.2) is 6.61 Å². The van der Waals surface area contributed by atoms with Crippen LogP contribution in [-0.2, 0) is 14.3 Å². The third-order valence-corrected chi connectivity index (χ3v) is 2.63. The van der Waals surface area contributed by atoms with E-state index in [2.05, 4.69) is 10.1 Å². The molecule has 2 aliphatic rings. The van der Waals surface area contributed by atoms with Gasteiger partial charge in [0.05, 0.1) is 0 Å². The van der Waals surface area contributed by atoms with Crippen molar-refractivity contribution in [1.82, 2.24) is 10.2 Å². The number of rotatable bonds is 2. The topological polar surface area (TPSA) is 58.6 Å². The van der Waals surface area contributed by atoms with Crippen LogP contribution in [0, 0.1) is 0 Å². The van der Waals surface area contributed by atoms with E-state index in [-0.39, 0.29) is 25.0 Å². The lowest BCUT2D eigenvalue weighted by molar-refractivity contribution is -0.162. The summed E-state index contributed by atoms with van der Waals surface area (Å²) in [4.78, 5) is 23.9. The number of ether oxygens (including phenoxy) is 1. The maximum atomic E-state index is 11.3. The second-order valence-corrected chi connectivity index (χ2v) is 3.73. The normalized spacial score (nSPS) is 28.0. The molecule has 0 bridgehead atoms. The molecule has 1 amide bonds. The van der Waals surface area contributed by atoms with Crippen LogP contribution in [0.25, 0.3) is 0 Å². The van der Waals surface area contributed by atoms with Crippen molar-refractivity contribution in [3.05, 3.63) is 0 Å². The van der Waals surface area contributed by atoms with Crippen LogP contribution in [0.3, 0.4) is 0 Å². The van der Waals surface area contributed by atoms with Gasteiger partial charge in [-0.05, 0) is 19.4 Å². The minimum Gasteiger partial charge on any atom is -0.454 e. The molecule has 2 aliphatic heterocycles. The number of carbonyl (C=O) groups excluding carboxylic acids is 2. The van der Waals surface area contributed by atoms with Crippen molar-refractivity contribution in [3.8, 4) is 0 Å². The first-order valence-corrected chi connectivity index (χ1v) is 4.92. The number of hydrogen-bond acceptors (Lipinski definition) is 4. The molecule has 5 heteroatoms. The van der Waals surface area contributed by atoms with Gasteiger partial charge in [-0.15, -0.1) is 0 Å².